The van der Waals surface area contributed by atoms with Gasteiger partial charge in [0.1, 0.15) is 5.82 Å². The molecule has 0 bridgehead atoms. The molecule has 1 spiro atoms. The Morgan fingerprint density at radius 2 is 1.90 bits per heavy atom. The van der Waals surface area contributed by atoms with Gasteiger partial charge in [0.15, 0.2) is 0 Å². The molecule has 0 radical (unpaired) electrons. The number of hydrogen-bond donors (Lipinski definition) is 1. The van der Waals surface area contributed by atoms with E-state index >= 15 is 0 Å². The number of benzene rings is 1. The van der Waals surface area contributed by atoms with Gasteiger partial charge in [-0.25, -0.2) is 4.39 Å². The van der Waals surface area contributed by atoms with Crippen molar-refractivity contribution in [3.8, 4) is 0 Å². The summed E-state index contributed by atoms with van der Waals surface area (Å²) in [6, 6.07) is 9.69. The fourth-order valence-corrected chi connectivity index (χ4v) is 4.39. The zero-order valence-corrected chi connectivity index (χ0v) is 16.1. The van der Waals surface area contributed by atoms with Crippen molar-refractivity contribution in [1.82, 2.24) is 15.2 Å². The average Bonchev–Trinajstić information content (AvgIpc) is 3.12. The monoisotopic (exact) mass is 397 g/mol. The number of likely N-dealkylation sites (tertiary alicyclic amines) is 1. The predicted octanol–water partition coefficient (Wildman–Crippen LogP) is 2.41. The van der Waals surface area contributed by atoms with Crippen LogP contribution in [0.15, 0.2) is 48.8 Å². The van der Waals surface area contributed by atoms with E-state index in [1.807, 2.05) is 12.1 Å². The lowest BCUT2D eigenvalue weighted by Crippen LogP contribution is -2.44. The lowest BCUT2D eigenvalue weighted by atomic mass is 9.71. The molecule has 4 rings (SSSR count). The molecule has 0 aliphatic carbocycles. The fourth-order valence-electron chi connectivity index (χ4n) is 4.39. The molecule has 29 heavy (non-hydrogen) atoms. The number of pyridine rings is 1. The maximum Gasteiger partial charge on any atom is 0.256 e. The molecule has 0 saturated carbocycles. The highest BCUT2D eigenvalue weighted by atomic mass is 19.1. The van der Waals surface area contributed by atoms with E-state index in [1.54, 1.807) is 29.4 Å². The number of carbonyl (C=O) groups excluding carboxylic acids is 2. The third-order valence-electron chi connectivity index (χ3n) is 6.06. The van der Waals surface area contributed by atoms with Crippen LogP contribution in [0, 0.1) is 17.2 Å². The van der Waals surface area contributed by atoms with Crippen LogP contribution in [0.3, 0.4) is 0 Å². The number of halogens is 1. The topological polar surface area (TPSA) is 71.5 Å². The van der Waals surface area contributed by atoms with Gasteiger partial charge in [-0.2, -0.15) is 0 Å². The van der Waals surface area contributed by atoms with Crippen LogP contribution in [-0.4, -0.2) is 48.0 Å². The summed E-state index contributed by atoms with van der Waals surface area (Å²) in [4.78, 5) is 31.6. The second kappa shape index (κ2) is 8.29. The third kappa shape index (κ3) is 4.00. The molecule has 1 N–H and O–H groups in total. The van der Waals surface area contributed by atoms with Crippen molar-refractivity contribution in [2.24, 2.45) is 11.3 Å². The molecule has 2 aliphatic heterocycles. The number of rotatable bonds is 4. The third-order valence-corrected chi connectivity index (χ3v) is 6.06. The van der Waals surface area contributed by atoms with Crippen LogP contribution in [-0.2, 0) is 16.1 Å². The van der Waals surface area contributed by atoms with Gasteiger partial charge in [0.05, 0.1) is 11.5 Å². The van der Waals surface area contributed by atoms with Gasteiger partial charge >= 0.3 is 0 Å². The predicted molar refractivity (Wildman–Crippen MR) is 104 cm³/mol. The van der Waals surface area contributed by atoms with E-state index in [0.717, 1.165) is 5.56 Å². The van der Waals surface area contributed by atoms with Gasteiger partial charge in [-0.15, -0.1) is 0 Å². The molecule has 1 aromatic heterocycles. The molecule has 2 saturated heterocycles. The highest BCUT2D eigenvalue weighted by Crippen LogP contribution is 2.44. The van der Waals surface area contributed by atoms with E-state index < -0.39 is 5.82 Å². The highest BCUT2D eigenvalue weighted by Gasteiger charge is 2.51. The maximum atomic E-state index is 14.1. The summed E-state index contributed by atoms with van der Waals surface area (Å²) in [6.07, 6.45) is 4.79. The van der Waals surface area contributed by atoms with Crippen molar-refractivity contribution in [1.29, 1.82) is 0 Å². The van der Waals surface area contributed by atoms with E-state index in [1.165, 1.54) is 12.1 Å². The van der Waals surface area contributed by atoms with Crippen LogP contribution in [0.25, 0.3) is 0 Å². The van der Waals surface area contributed by atoms with Crippen LogP contribution in [0.5, 0.6) is 0 Å². The Hall–Kier alpha value is -2.80. The van der Waals surface area contributed by atoms with E-state index in [-0.39, 0.29) is 35.3 Å². The Balaban J connectivity index is 1.52. The molecule has 1 aromatic carbocycles. The van der Waals surface area contributed by atoms with Crippen LogP contribution in [0.4, 0.5) is 4.39 Å². The smallest absolute Gasteiger partial charge is 0.256 e. The van der Waals surface area contributed by atoms with Crippen LogP contribution >= 0.6 is 0 Å². The number of aromatic nitrogens is 1. The minimum Gasteiger partial charge on any atom is -0.381 e. The largest absolute Gasteiger partial charge is 0.381 e. The molecular weight excluding hydrogens is 373 g/mol. The fraction of sp³-hybridized carbons (Fsp3) is 0.409. The van der Waals surface area contributed by atoms with Crippen molar-refractivity contribution in [2.45, 2.75) is 19.4 Å². The minimum absolute atomic E-state index is 0.0487. The first-order valence-corrected chi connectivity index (χ1v) is 9.87. The molecule has 2 amide bonds. The standard InChI is InChI=1S/C22H24FN3O3/c23-19-4-2-1-3-17(19)21(28)26-14-18(22(15-26)7-11-29-12-8-22)20(27)25-13-16-5-9-24-10-6-16/h1-6,9-10,18H,7-8,11-15H2,(H,25,27). The second-order valence-electron chi connectivity index (χ2n) is 7.77. The molecule has 2 fully saturated rings. The van der Waals surface area contributed by atoms with Gasteiger partial charge in [0, 0.05) is 50.7 Å². The molecule has 6 nitrogen and oxygen atoms in total. The molecule has 2 aliphatic rings. The number of amides is 2. The second-order valence-corrected chi connectivity index (χ2v) is 7.77. The number of nitrogens with zero attached hydrogens (tertiary/aromatic N) is 2. The molecule has 7 heteroatoms. The lowest BCUT2D eigenvalue weighted by Gasteiger charge is -2.37. The van der Waals surface area contributed by atoms with Crippen LogP contribution in [0.1, 0.15) is 28.8 Å². The Labute approximate surface area is 169 Å². The Morgan fingerprint density at radius 3 is 2.62 bits per heavy atom. The van der Waals surface area contributed by atoms with E-state index in [9.17, 15) is 14.0 Å². The minimum atomic E-state index is -0.538. The normalized spacial score (nSPS) is 20.6. The van der Waals surface area contributed by atoms with Crippen molar-refractivity contribution in [3.63, 3.8) is 0 Å². The number of hydrogen-bond acceptors (Lipinski definition) is 4. The summed E-state index contributed by atoms with van der Waals surface area (Å²) in [5.41, 5.74) is 0.681. The summed E-state index contributed by atoms with van der Waals surface area (Å²) < 4.78 is 19.7. The number of carbonyl (C=O) groups is 2. The van der Waals surface area contributed by atoms with Crippen LogP contribution in [0.2, 0.25) is 0 Å². The quantitative estimate of drug-likeness (QED) is 0.860. The molecule has 2 aromatic rings. The Kier molecular flexibility index (Phi) is 5.58. The first kappa shape index (κ1) is 19.5. The van der Waals surface area contributed by atoms with Gasteiger partial charge in [-0.3, -0.25) is 14.6 Å². The van der Waals surface area contributed by atoms with Gasteiger partial charge < -0.3 is 15.0 Å². The van der Waals surface area contributed by atoms with E-state index in [2.05, 4.69) is 10.3 Å². The van der Waals surface area contributed by atoms with Gasteiger partial charge in [-0.1, -0.05) is 12.1 Å². The summed E-state index contributed by atoms with van der Waals surface area (Å²) in [7, 11) is 0. The SMILES string of the molecule is O=C(NCc1ccncc1)C1CN(C(=O)c2ccccc2F)CC12CCOCC2. The van der Waals surface area contributed by atoms with Gasteiger partial charge in [0.25, 0.3) is 5.91 Å². The zero-order chi connectivity index (χ0) is 20.3. The van der Waals surface area contributed by atoms with Gasteiger partial charge in [0.2, 0.25) is 5.91 Å². The maximum absolute atomic E-state index is 14.1. The Morgan fingerprint density at radius 1 is 1.17 bits per heavy atom. The lowest BCUT2D eigenvalue weighted by molar-refractivity contribution is -0.130. The van der Waals surface area contributed by atoms with Crippen molar-refractivity contribution in [3.05, 3.63) is 65.7 Å². The molecule has 1 unspecified atom stereocenters. The first-order valence-electron chi connectivity index (χ1n) is 9.87. The zero-order valence-electron chi connectivity index (χ0n) is 16.1. The molecule has 3 heterocycles. The van der Waals surface area contributed by atoms with Gasteiger partial charge in [-0.05, 0) is 42.7 Å². The van der Waals surface area contributed by atoms with Crippen LogP contribution < -0.4 is 5.32 Å². The number of nitrogens with one attached hydrogen (secondary N) is 1. The summed E-state index contributed by atoms with van der Waals surface area (Å²) in [5, 5.41) is 3.00. The molecule has 1 atom stereocenters. The van der Waals surface area contributed by atoms with Crippen molar-refractivity contribution < 1.29 is 18.7 Å². The van der Waals surface area contributed by atoms with E-state index in [0.29, 0.717) is 39.1 Å². The first-order chi connectivity index (χ1) is 14.1. The molecule has 152 valence electrons. The summed E-state index contributed by atoms with van der Waals surface area (Å²) in [5.74, 6) is -1.32. The van der Waals surface area contributed by atoms with Crippen molar-refractivity contribution >= 4 is 11.8 Å². The van der Waals surface area contributed by atoms with E-state index in [4.69, 9.17) is 4.74 Å². The Bertz CT molecular complexity index is 884. The molecular formula is C22H24FN3O3. The highest BCUT2D eigenvalue weighted by molar-refractivity contribution is 5.95. The summed E-state index contributed by atoms with van der Waals surface area (Å²) >= 11 is 0. The number of ether oxygens (including phenoxy) is 1. The van der Waals surface area contributed by atoms with Crippen molar-refractivity contribution in [2.75, 3.05) is 26.3 Å². The summed E-state index contributed by atoms with van der Waals surface area (Å²) in [6.45, 7) is 2.27. The average molecular weight is 397 g/mol.